The van der Waals surface area contributed by atoms with Crippen LogP contribution in [0, 0.1) is 0 Å². The Morgan fingerprint density at radius 2 is 2.25 bits per heavy atom. The number of carbonyl (C=O) groups is 1. The molecule has 0 spiro atoms. The molecule has 2 aromatic heterocycles. The van der Waals surface area contributed by atoms with Crippen molar-refractivity contribution in [1.82, 2.24) is 14.9 Å². The third kappa shape index (κ3) is 2.51. The summed E-state index contributed by atoms with van der Waals surface area (Å²) >= 11 is 0. The van der Waals surface area contributed by atoms with Crippen molar-refractivity contribution in [2.24, 2.45) is 7.05 Å². The molecule has 20 heavy (non-hydrogen) atoms. The lowest BCUT2D eigenvalue weighted by molar-refractivity contribution is -0.120. The number of hydrogen-bond acceptors (Lipinski definition) is 3. The second kappa shape index (κ2) is 5.81. The fraction of sp³-hybridized carbons (Fsp3) is 0.429. The number of aromatic nitrogens is 2. The van der Waals surface area contributed by atoms with Gasteiger partial charge in [0.2, 0.25) is 5.91 Å². The van der Waals surface area contributed by atoms with Gasteiger partial charge in [0.1, 0.15) is 11.5 Å². The highest BCUT2D eigenvalue weighted by molar-refractivity contribution is 5.96. The minimum atomic E-state index is -0.0593. The normalized spacial score (nSPS) is 18.0. The van der Waals surface area contributed by atoms with Crippen molar-refractivity contribution < 1.29 is 4.79 Å². The molecule has 0 aromatic carbocycles. The second-order valence-electron chi connectivity index (χ2n) is 5.06. The Morgan fingerprint density at radius 1 is 1.45 bits per heavy atom. The van der Waals surface area contributed by atoms with E-state index in [-0.39, 0.29) is 24.4 Å². The minimum Gasteiger partial charge on any atom is -0.336 e. The minimum absolute atomic E-state index is 0. The van der Waals surface area contributed by atoms with E-state index in [1.807, 2.05) is 36.0 Å². The van der Waals surface area contributed by atoms with E-state index < -0.39 is 0 Å². The van der Waals surface area contributed by atoms with Gasteiger partial charge in [0, 0.05) is 25.7 Å². The predicted octanol–water partition coefficient (Wildman–Crippen LogP) is 1.71. The monoisotopic (exact) mass is 294 g/mol. The van der Waals surface area contributed by atoms with Crippen LogP contribution >= 0.6 is 12.4 Å². The lowest BCUT2D eigenvalue weighted by Crippen LogP contribution is -2.42. The molecular formula is C14H19ClN4O. The highest BCUT2D eigenvalue weighted by atomic mass is 35.5. The van der Waals surface area contributed by atoms with Crippen LogP contribution in [0.25, 0.3) is 11.0 Å². The topological polar surface area (TPSA) is 50.2 Å². The Hall–Kier alpha value is -1.59. The number of likely N-dealkylation sites (N-methyl/N-ethyl adjacent to an activating group) is 1. The summed E-state index contributed by atoms with van der Waals surface area (Å²) < 4.78 is 1.96. The first-order chi connectivity index (χ1) is 9.16. The van der Waals surface area contributed by atoms with Crippen LogP contribution in [0.5, 0.6) is 0 Å². The second-order valence-corrected chi connectivity index (χ2v) is 5.06. The molecule has 1 aliphatic heterocycles. The van der Waals surface area contributed by atoms with Gasteiger partial charge in [-0.2, -0.15) is 0 Å². The van der Waals surface area contributed by atoms with Gasteiger partial charge in [-0.25, -0.2) is 4.98 Å². The summed E-state index contributed by atoms with van der Waals surface area (Å²) in [6.45, 7) is 0.925. The highest BCUT2D eigenvalue weighted by Crippen LogP contribution is 2.19. The molecule has 3 rings (SSSR count). The lowest BCUT2D eigenvalue weighted by Gasteiger charge is -2.20. The predicted molar refractivity (Wildman–Crippen MR) is 82.4 cm³/mol. The van der Waals surface area contributed by atoms with Crippen molar-refractivity contribution in [3.05, 3.63) is 24.4 Å². The molecule has 0 aliphatic carbocycles. The number of halogens is 1. The Balaban J connectivity index is 0.00000147. The smallest absolute Gasteiger partial charge is 0.245 e. The fourth-order valence-corrected chi connectivity index (χ4v) is 2.55. The number of aryl methyl sites for hydroxylation is 1. The van der Waals surface area contributed by atoms with Gasteiger partial charge in [-0.15, -0.1) is 12.4 Å². The van der Waals surface area contributed by atoms with E-state index in [4.69, 9.17) is 0 Å². The molecule has 1 amide bonds. The summed E-state index contributed by atoms with van der Waals surface area (Å²) in [6.07, 6.45) is 3.95. The number of nitrogens with one attached hydrogen (secondary N) is 1. The third-order valence-corrected chi connectivity index (χ3v) is 3.74. The molecule has 0 saturated carbocycles. The van der Waals surface area contributed by atoms with Crippen LogP contribution in [-0.2, 0) is 11.8 Å². The number of anilines is 1. The number of rotatable bonds is 2. The number of carbonyl (C=O) groups excluding carboxylic acids is 1. The Bertz CT molecular complexity index is 619. The van der Waals surface area contributed by atoms with Crippen molar-refractivity contribution in [2.75, 3.05) is 18.5 Å². The maximum Gasteiger partial charge on any atom is 0.245 e. The van der Waals surface area contributed by atoms with Crippen LogP contribution in [0.2, 0.25) is 0 Å². The molecule has 1 saturated heterocycles. The molecule has 0 radical (unpaired) electrons. The molecule has 108 valence electrons. The van der Waals surface area contributed by atoms with Crippen LogP contribution in [0.15, 0.2) is 24.4 Å². The molecule has 6 heteroatoms. The standard InChI is InChI=1S/C14H18N4O.ClH/c1-17-9-7-10-5-6-12(16-13(10)17)18(2)14(19)11-4-3-8-15-11;/h5-7,9,11,15H,3-4,8H2,1-2H3;1H. The number of amides is 1. The van der Waals surface area contributed by atoms with Gasteiger partial charge in [-0.3, -0.25) is 9.69 Å². The van der Waals surface area contributed by atoms with Crippen LogP contribution in [0.1, 0.15) is 12.8 Å². The zero-order valence-corrected chi connectivity index (χ0v) is 12.5. The maximum absolute atomic E-state index is 12.3. The summed E-state index contributed by atoms with van der Waals surface area (Å²) in [7, 11) is 3.75. The molecular weight excluding hydrogens is 276 g/mol. The third-order valence-electron chi connectivity index (χ3n) is 3.74. The van der Waals surface area contributed by atoms with Crippen molar-refractivity contribution >= 4 is 35.2 Å². The number of nitrogens with zero attached hydrogens (tertiary/aromatic N) is 3. The van der Waals surface area contributed by atoms with E-state index in [0.29, 0.717) is 5.82 Å². The van der Waals surface area contributed by atoms with Crippen molar-refractivity contribution in [1.29, 1.82) is 0 Å². The summed E-state index contributed by atoms with van der Waals surface area (Å²) in [4.78, 5) is 18.5. The molecule has 1 aliphatic rings. The van der Waals surface area contributed by atoms with Gasteiger partial charge in [-0.1, -0.05) is 0 Å². The fourth-order valence-electron chi connectivity index (χ4n) is 2.55. The van der Waals surface area contributed by atoms with Gasteiger partial charge < -0.3 is 9.88 Å². The van der Waals surface area contributed by atoms with Gasteiger partial charge in [-0.05, 0) is 37.6 Å². The quantitative estimate of drug-likeness (QED) is 0.917. The first-order valence-electron chi connectivity index (χ1n) is 6.60. The van der Waals surface area contributed by atoms with Crippen molar-refractivity contribution in [2.45, 2.75) is 18.9 Å². The van der Waals surface area contributed by atoms with Crippen LogP contribution < -0.4 is 10.2 Å². The number of pyridine rings is 1. The van der Waals surface area contributed by atoms with E-state index in [1.54, 1.807) is 11.9 Å². The van der Waals surface area contributed by atoms with Crippen LogP contribution in [0.4, 0.5) is 5.82 Å². The Morgan fingerprint density at radius 3 is 2.95 bits per heavy atom. The summed E-state index contributed by atoms with van der Waals surface area (Å²) in [6, 6.07) is 5.86. The molecule has 1 atom stereocenters. The number of hydrogen-bond donors (Lipinski definition) is 1. The van der Waals surface area contributed by atoms with Crippen molar-refractivity contribution in [3.63, 3.8) is 0 Å². The Kier molecular flexibility index (Phi) is 4.30. The molecule has 1 fully saturated rings. The molecule has 2 aromatic rings. The average Bonchev–Trinajstić information content (AvgIpc) is 3.07. The van der Waals surface area contributed by atoms with Gasteiger partial charge in [0.15, 0.2) is 0 Å². The molecule has 5 nitrogen and oxygen atoms in total. The Labute approximate surface area is 124 Å². The van der Waals surface area contributed by atoms with Crippen LogP contribution in [0.3, 0.4) is 0 Å². The van der Waals surface area contributed by atoms with Gasteiger partial charge in [0.05, 0.1) is 6.04 Å². The maximum atomic E-state index is 12.3. The summed E-state index contributed by atoms with van der Waals surface area (Å²) in [5, 5.41) is 4.32. The van der Waals surface area contributed by atoms with E-state index in [0.717, 1.165) is 30.4 Å². The van der Waals surface area contributed by atoms with E-state index in [1.165, 1.54) is 0 Å². The average molecular weight is 295 g/mol. The van der Waals surface area contributed by atoms with E-state index >= 15 is 0 Å². The number of fused-ring (bicyclic) bond motifs is 1. The van der Waals surface area contributed by atoms with Crippen molar-refractivity contribution in [3.8, 4) is 0 Å². The molecule has 1 unspecified atom stereocenters. The van der Waals surface area contributed by atoms with E-state index in [2.05, 4.69) is 10.3 Å². The SMILES string of the molecule is CN(C(=O)C1CCCN1)c1ccc2ccn(C)c2n1.Cl. The zero-order valence-electron chi connectivity index (χ0n) is 11.7. The van der Waals surface area contributed by atoms with Gasteiger partial charge >= 0.3 is 0 Å². The zero-order chi connectivity index (χ0) is 13.4. The van der Waals surface area contributed by atoms with Crippen LogP contribution in [-0.4, -0.2) is 35.1 Å². The summed E-state index contributed by atoms with van der Waals surface area (Å²) in [5.41, 5.74) is 0.900. The van der Waals surface area contributed by atoms with E-state index in [9.17, 15) is 4.79 Å². The largest absolute Gasteiger partial charge is 0.336 e. The highest BCUT2D eigenvalue weighted by Gasteiger charge is 2.26. The molecule has 3 heterocycles. The first-order valence-corrected chi connectivity index (χ1v) is 6.60. The first kappa shape index (κ1) is 14.8. The lowest BCUT2D eigenvalue weighted by atomic mass is 10.2. The van der Waals surface area contributed by atoms with Gasteiger partial charge in [0.25, 0.3) is 0 Å². The molecule has 0 bridgehead atoms. The summed E-state index contributed by atoms with van der Waals surface area (Å²) in [5.74, 6) is 0.798. The molecule has 1 N–H and O–H groups in total.